The Morgan fingerprint density at radius 2 is 1.74 bits per heavy atom. The van der Waals surface area contributed by atoms with Crippen LogP contribution in [0.3, 0.4) is 0 Å². The fourth-order valence-electron chi connectivity index (χ4n) is 3.62. The van der Waals surface area contributed by atoms with Gasteiger partial charge in [0.15, 0.2) is 5.76 Å². The van der Waals surface area contributed by atoms with Crippen LogP contribution in [0.15, 0.2) is 89.7 Å². The second-order valence-corrected chi connectivity index (χ2v) is 7.41. The highest BCUT2D eigenvalue weighted by atomic mass is 16.3. The number of aromatic nitrogens is 1. The molecule has 0 fully saturated rings. The molecule has 0 unspecified atom stereocenters. The van der Waals surface area contributed by atoms with Gasteiger partial charge in [-0.2, -0.15) is 0 Å². The van der Waals surface area contributed by atoms with Crippen LogP contribution < -0.4 is 10.6 Å². The average molecular weight is 415 g/mol. The fourth-order valence-corrected chi connectivity index (χ4v) is 3.62. The van der Waals surface area contributed by atoms with Crippen molar-refractivity contribution in [3.8, 4) is 0 Å². The molecule has 2 aromatic heterocycles. The number of rotatable bonds is 9. The summed E-state index contributed by atoms with van der Waals surface area (Å²) in [5.41, 5.74) is 2.16. The fraction of sp³-hybridized carbons (Fsp3) is 0.200. The van der Waals surface area contributed by atoms with Gasteiger partial charge in [-0.25, -0.2) is 0 Å². The minimum atomic E-state index is -0.688. The van der Waals surface area contributed by atoms with Crippen molar-refractivity contribution in [1.29, 1.82) is 0 Å². The standard InChI is InChI=1S/C25H25N3O3/c29-24(26-14-7-15-28-16-13-20-10-4-5-11-22(20)28)21(18-19-8-2-1-3-9-19)27-25(30)23-12-6-17-31-23/h1-6,8-13,16-17,21H,7,14-15,18H2,(H,26,29)(H,27,30)/t21-/m1/s1. The van der Waals surface area contributed by atoms with Crippen LogP contribution in [0.1, 0.15) is 22.5 Å². The molecule has 4 aromatic rings. The van der Waals surface area contributed by atoms with E-state index in [1.807, 2.05) is 42.5 Å². The van der Waals surface area contributed by atoms with E-state index >= 15 is 0 Å². The Bertz CT molecular complexity index is 1130. The largest absolute Gasteiger partial charge is 0.459 e. The quantitative estimate of drug-likeness (QED) is 0.409. The summed E-state index contributed by atoms with van der Waals surface area (Å²) in [6.07, 6.45) is 4.69. The first-order chi connectivity index (χ1) is 15.2. The third kappa shape index (κ3) is 5.22. The van der Waals surface area contributed by atoms with E-state index in [1.165, 1.54) is 17.2 Å². The van der Waals surface area contributed by atoms with Gasteiger partial charge in [-0.05, 0) is 41.6 Å². The maximum absolute atomic E-state index is 12.9. The first kappa shape index (κ1) is 20.5. The number of aryl methyl sites for hydroxylation is 1. The van der Waals surface area contributed by atoms with Gasteiger partial charge in [0.25, 0.3) is 5.91 Å². The Kier molecular flexibility index (Phi) is 6.47. The molecule has 31 heavy (non-hydrogen) atoms. The molecule has 158 valence electrons. The molecular formula is C25H25N3O3. The predicted molar refractivity (Wildman–Crippen MR) is 120 cm³/mol. The number of para-hydroxylation sites is 1. The molecule has 0 aliphatic heterocycles. The molecule has 2 heterocycles. The number of carbonyl (C=O) groups excluding carboxylic acids is 2. The maximum Gasteiger partial charge on any atom is 0.287 e. The zero-order valence-corrected chi connectivity index (χ0v) is 17.2. The van der Waals surface area contributed by atoms with Crippen molar-refractivity contribution >= 4 is 22.7 Å². The van der Waals surface area contributed by atoms with E-state index in [-0.39, 0.29) is 11.7 Å². The minimum Gasteiger partial charge on any atom is -0.459 e. The molecule has 2 N–H and O–H groups in total. The lowest BCUT2D eigenvalue weighted by atomic mass is 10.0. The van der Waals surface area contributed by atoms with Crippen molar-refractivity contribution in [3.05, 3.63) is 96.6 Å². The second kappa shape index (κ2) is 9.80. The number of furan rings is 1. The summed E-state index contributed by atoms with van der Waals surface area (Å²) >= 11 is 0. The van der Waals surface area contributed by atoms with Crippen molar-refractivity contribution in [1.82, 2.24) is 15.2 Å². The Balaban J connectivity index is 1.35. The van der Waals surface area contributed by atoms with Gasteiger partial charge in [0, 0.05) is 31.2 Å². The second-order valence-electron chi connectivity index (χ2n) is 7.41. The number of hydrogen-bond acceptors (Lipinski definition) is 3. The lowest BCUT2D eigenvalue weighted by Gasteiger charge is -2.18. The number of nitrogens with zero attached hydrogens (tertiary/aromatic N) is 1. The summed E-state index contributed by atoms with van der Waals surface area (Å²) in [5, 5.41) is 6.97. The number of fused-ring (bicyclic) bond motifs is 1. The van der Waals surface area contributed by atoms with Gasteiger partial charge in [-0.15, -0.1) is 0 Å². The third-order valence-corrected chi connectivity index (χ3v) is 5.20. The van der Waals surface area contributed by atoms with E-state index in [0.717, 1.165) is 18.5 Å². The summed E-state index contributed by atoms with van der Waals surface area (Å²) < 4.78 is 7.34. The molecule has 2 amide bonds. The first-order valence-electron chi connectivity index (χ1n) is 10.4. The van der Waals surface area contributed by atoms with Crippen LogP contribution >= 0.6 is 0 Å². The van der Waals surface area contributed by atoms with Crippen molar-refractivity contribution in [2.24, 2.45) is 0 Å². The van der Waals surface area contributed by atoms with E-state index in [4.69, 9.17) is 4.42 Å². The summed E-state index contributed by atoms with van der Waals surface area (Å²) in [7, 11) is 0. The Labute approximate surface area is 180 Å². The van der Waals surface area contributed by atoms with Gasteiger partial charge < -0.3 is 19.6 Å². The van der Waals surface area contributed by atoms with Crippen molar-refractivity contribution in [2.45, 2.75) is 25.4 Å². The Morgan fingerprint density at radius 3 is 2.55 bits per heavy atom. The lowest BCUT2D eigenvalue weighted by Crippen LogP contribution is -2.48. The van der Waals surface area contributed by atoms with Crippen molar-refractivity contribution in [2.75, 3.05) is 6.54 Å². The van der Waals surface area contributed by atoms with E-state index in [9.17, 15) is 9.59 Å². The third-order valence-electron chi connectivity index (χ3n) is 5.20. The van der Waals surface area contributed by atoms with Crippen molar-refractivity contribution in [3.63, 3.8) is 0 Å². The summed E-state index contributed by atoms with van der Waals surface area (Å²) in [4.78, 5) is 25.3. The highest BCUT2D eigenvalue weighted by molar-refractivity contribution is 5.95. The Hall–Kier alpha value is -3.80. The molecule has 0 radical (unpaired) electrons. The number of benzene rings is 2. The van der Waals surface area contributed by atoms with Crippen molar-refractivity contribution < 1.29 is 14.0 Å². The van der Waals surface area contributed by atoms with Crippen LogP contribution in [0, 0.1) is 0 Å². The monoisotopic (exact) mass is 415 g/mol. The van der Waals surface area contributed by atoms with Gasteiger partial charge in [-0.3, -0.25) is 9.59 Å². The number of amides is 2. The zero-order valence-electron chi connectivity index (χ0n) is 17.2. The molecule has 1 atom stereocenters. The highest BCUT2D eigenvalue weighted by Gasteiger charge is 2.22. The van der Waals surface area contributed by atoms with E-state index in [0.29, 0.717) is 13.0 Å². The number of carbonyl (C=O) groups is 2. The van der Waals surface area contributed by atoms with Gasteiger partial charge in [0.2, 0.25) is 5.91 Å². The molecule has 0 saturated carbocycles. The zero-order chi connectivity index (χ0) is 21.5. The van der Waals surface area contributed by atoms with E-state index < -0.39 is 11.9 Å². The molecule has 0 spiro atoms. The molecule has 6 nitrogen and oxygen atoms in total. The van der Waals surface area contributed by atoms with Crippen LogP contribution in [0.5, 0.6) is 0 Å². The lowest BCUT2D eigenvalue weighted by molar-refractivity contribution is -0.122. The maximum atomic E-state index is 12.9. The van der Waals surface area contributed by atoms with Crippen LogP contribution in [-0.4, -0.2) is 29.0 Å². The van der Waals surface area contributed by atoms with Crippen LogP contribution in [0.25, 0.3) is 10.9 Å². The average Bonchev–Trinajstić information content (AvgIpc) is 3.47. The SMILES string of the molecule is O=C(N[C@H](Cc1ccccc1)C(=O)NCCCn1ccc2ccccc21)c1ccco1. The number of nitrogens with one attached hydrogen (secondary N) is 2. The molecule has 0 aliphatic rings. The molecule has 0 aliphatic carbocycles. The number of hydrogen-bond donors (Lipinski definition) is 2. The predicted octanol–water partition coefficient (Wildman–Crippen LogP) is 3.78. The van der Waals surface area contributed by atoms with Gasteiger partial charge in [0.1, 0.15) is 6.04 Å². The molecule has 2 aromatic carbocycles. The Morgan fingerprint density at radius 1 is 0.935 bits per heavy atom. The normalized spacial score (nSPS) is 11.9. The smallest absolute Gasteiger partial charge is 0.287 e. The van der Waals surface area contributed by atoms with Gasteiger partial charge in [-0.1, -0.05) is 48.5 Å². The topological polar surface area (TPSA) is 76.3 Å². The van der Waals surface area contributed by atoms with E-state index in [1.54, 1.807) is 12.1 Å². The molecule has 4 rings (SSSR count). The molecule has 6 heteroatoms. The molecule has 0 saturated heterocycles. The van der Waals surface area contributed by atoms with Gasteiger partial charge in [0.05, 0.1) is 6.26 Å². The summed E-state index contributed by atoms with van der Waals surface area (Å²) in [6.45, 7) is 1.32. The highest BCUT2D eigenvalue weighted by Crippen LogP contribution is 2.15. The van der Waals surface area contributed by atoms with Gasteiger partial charge >= 0.3 is 0 Å². The minimum absolute atomic E-state index is 0.186. The van der Waals surface area contributed by atoms with Crippen LogP contribution in [0.2, 0.25) is 0 Å². The van der Waals surface area contributed by atoms with Crippen LogP contribution in [-0.2, 0) is 17.8 Å². The summed E-state index contributed by atoms with van der Waals surface area (Å²) in [5.74, 6) is -0.425. The van der Waals surface area contributed by atoms with E-state index in [2.05, 4.69) is 39.6 Å². The first-order valence-corrected chi connectivity index (χ1v) is 10.4. The van der Waals surface area contributed by atoms with Crippen LogP contribution in [0.4, 0.5) is 0 Å². The molecular weight excluding hydrogens is 390 g/mol. The molecule has 0 bridgehead atoms. The summed E-state index contributed by atoms with van der Waals surface area (Å²) in [6, 6.07) is 22.5.